The third-order valence-electron chi connectivity index (χ3n) is 7.39. The summed E-state index contributed by atoms with van der Waals surface area (Å²) in [4.78, 5) is 4.53. The van der Waals surface area contributed by atoms with E-state index in [1.54, 1.807) is 12.3 Å². The number of aliphatic imine (C=N–C) groups is 1. The summed E-state index contributed by atoms with van der Waals surface area (Å²) >= 11 is 0. The summed E-state index contributed by atoms with van der Waals surface area (Å²) in [7, 11) is 0. The second kappa shape index (κ2) is 26.1. The maximum absolute atomic E-state index is 10.3. The van der Waals surface area contributed by atoms with Crippen LogP contribution in [0.1, 0.15) is 167 Å². The molecule has 37 heavy (non-hydrogen) atoms. The van der Waals surface area contributed by atoms with E-state index in [2.05, 4.69) is 18.8 Å². The van der Waals surface area contributed by atoms with E-state index in [4.69, 9.17) is 4.74 Å². The molecule has 0 spiro atoms. The van der Waals surface area contributed by atoms with Gasteiger partial charge in [-0.15, -0.1) is 0 Å². The monoisotopic (exact) mass is 515 g/mol. The Labute approximate surface area is 230 Å². The molecule has 1 N–H and O–H groups in total. The predicted molar refractivity (Wildman–Crippen MR) is 164 cm³/mol. The van der Waals surface area contributed by atoms with E-state index in [0.29, 0.717) is 0 Å². The van der Waals surface area contributed by atoms with Crippen LogP contribution in [0.15, 0.2) is 23.2 Å². The van der Waals surface area contributed by atoms with Gasteiger partial charge in [0.25, 0.3) is 0 Å². The fraction of sp³-hybridized carbons (Fsp3) is 0.794. The molecule has 0 saturated carbocycles. The van der Waals surface area contributed by atoms with Gasteiger partial charge in [-0.25, -0.2) is 0 Å². The average Bonchev–Trinajstić information content (AvgIpc) is 2.90. The van der Waals surface area contributed by atoms with Crippen molar-refractivity contribution in [2.45, 2.75) is 162 Å². The van der Waals surface area contributed by atoms with Gasteiger partial charge in [-0.2, -0.15) is 0 Å². The average molecular weight is 516 g/mol. The lowest BCUT2D eigenvalue weighted by Crippen LogP contribution is -1.97. The van der Waals surface area contributed by atoms with E-state index in [9.17, 15) is 5.11 Å². The van der Waals surface area contributed by atoms with Crippen LogP contribution in [-0.2, 0) is 0 Å². The highest BCUT2D eigenvalue weighted by molar-refractivity contribution is 5.83. The van der Waals surface area contributed by atoms with Gasteiger partial charge in [-0.3, -0.25) is 4.99 Å². The molecule has 0 unspecified atom stereocenters. The lowest BCUT2D eigenvalue weighted by Gasteiger charge is -2.08. The summed E-state index contributed by atoms with van der Waals surface area (Å²) in [5.41, 5.74) is 0.778. The van der Waals surface area contributed by atoms with Gasteiger partial charge < -0.3 is 9.84 Å². The molecule has 1 rings (SSSR count). The Morgan fingerprint density at radius 2 is 1.03 bits per heavy atom. The van der Waals surface area contributed by atoms with E-state index < -0.39 is 0 Å². The fourth-order valence-corrected chi connectivity index (χ4v) is 4.89. The Morgan fingerprint density at radius 1 is 0.595 bits per heavy atom. The Bertz CT molecular complexity index is 643. The first kappa shape index (κ1) is 33.5. The molecular formula is C34H61NO2. The maximum atomic E-state index is 10.3. The molecule has 3 heteroatoms. The number of hydrogen-bond acceptors (Lipinski definition) is 3. The number of phenols is 1. The molecule has 0 fully saturated rings. The topological polar surface area (TPSA) is 41.8 Å². The van der Waals surface area contributed by atoms with Crippen LogP contribution < -0.4 is 4.74 Å². The Kier molecular flexibility index (Phi) is 23.7. The van der Waals surface area contributed by atoms with Crippen LogP contribution in [0.3, 0.4) is 0 Å². The Morgan fingerprint density at radius 3 is 1.49 bits per heavy atom. The van der Waals surface area contributed by atoms with Crippen LogP contribution in [0, 0.1) is 0 Å². The second-order valence-corrected chi connectivity index (χ2v) is 11.0. The highest BCUT2D eigenvalue weighted by Gasteiger charge is 2.02. The first-order valence-electron chi connectivity index (χ1n) is 16.2. The van der Waals surface area contributed by atoms with Crippen LogP contribution in [0.2, 0.25) is 0 Å². The number of aromatic hydroxyl groups is 1. The summed E-state index contributed by atoms with van der Waals surface area (Å²) in [6.45, 7) is 6.11. The lowest BCUT2D eigenvalue weighted by atomic mass is 10.0. The zero-order valence-electron chi connectivity index (χ0n) is 24.8. The molecule has 1 aromatic rings. The zero-order chi connectivity index (χ0) is 26.7. The Balaban J connectivity index is 1.94. The SMILES string of the molecule is CCCCCCCCCCCCCCCCCCN=Cc1ccc(OCCCCCCCCC)cc1O. The summed E-state index contributed by atoms with van der Waals surface area (Å²) in [6.07, 6.45) is 32.9. The van der Waals surface area contributed by atoms with Gasteiger partial charge in [-0.1, -0.05) is 149 Å². The smallest absolute Gasteiger partial charge is 0.128 e. The van der Waals surface area contributed by atoms with E-state index >= 15 is 0 Å². The maximum Gasteiger partial charge on any atom is 0.128 e. The zero-order valence-corrected chi connectivity index (χ0v) is 24.8. The summed E-state index contributed by atoms with van der Waals surface area (Å²) in [5, 5.41) is 10.3. The van der Waals surface area contributed by atoms with Crippen molar-refractivity contribution in [3.63, 3.8) is 0 Å². The molecule has 0 amide bonds. The van der Waals surface area contributed by atoms with Gasteiger partial charge in [0, 0.05) is 24.4 Å². The van der Waals surface area contributed by atoms with E-state index in [0.717, 1.165) is 37.3 Å². The molecule has 0 aromatic heterocycles. The normalized spacial score (nSPS) is 11.5. The number of nitrogens with zero attached hydrogens (tertiary/aromatic N) is 1. The molecule has 1 aromatic carbocycles. The van der Waals surface area contributed by atoms with E-state index in [1.807, 2.05) is 12.1 Å². The molecule has 0 atom stereocenters. The number of ether oxygens (including phenoxy) is 1. The van der Waals surface area contributed by atoms with Crippen molar-refractivity contribution in [3.05, 3.63) is 23.8 Å². The van der Waals surface area contributed by atoms with Crippen LogP contribution in [-0.4, -0.2) is 24.5 Å². The van der Waals surface area contributed by atoms with E-state index in [-0.39, 0.29) is 5.75 Å². The number of rotatable bonds is 27. The molecule has 214 valence electrons. The first-order chi connectivity index (χ1) is 18.3. The second-order valence-electron chi connectivity index (χ2n) is 11.0. The summed E-state index contributed by atoms with van der Waals surface area (Å²) in [6, 6.07) is 5.57. The van der Waals surface area contributed by atoms with Gasteiger partial charge in [-0.05, 0) is 25.0 Å². The number of hydrogen-bond donors (Lipinski definition) is 1. The molecule has 0 saturated heterocycles. The van der Waals surface area contributed by atoms with Gasteiger partial charge in [0.2, 0.25) is 0 Å². The van der Waals surface area contributed by atoms with Gasteiger partial charge in [0.15, 0.2) is 0 Å². The largest absolute Gasteiger partial charge is 0.507 e. The van der Waals surface area contributed by atoms with Gasteiger partial charge in [0.1, 0.15) is 11.5 Å². The molecule has 0 aliphatic heterocycles. The third kappa shape index (κ3) is 21.1. The van der Waals surface area contributed by atoms with Crippen LogP contribution >= 0.6 is 0 Å². The van der Waals surface area contributed by atoms with Crippen LogP contribution in [0.25, 0.3) is 0 Å². The van der Waals surface area contributed by atoms with Crippen LogP contribution in [0.5, 0.6) is 11.5 Å². The van der Waals surface area contributed by atoms with Crippen molar-refractivity contribution < 1.29 is 9.84 Å². The minimum atomic E-state index is 0.257. The molecule has 0 radical (unpaired) electrons. The molecular weight excluding hydrogens is 454 g/mol. The van der Waals surface area contributed by atoms with E-state index in [1.165, 1.54) is 135 Å². The van der Waals surface area contributed by atoms with Crippen molar-refractivity contribution in [2.24, 2.45) is 4.99 Å². The minimum absolute atomic E-state index is 0.257. The van der Waals surface area contributed by atoms with Gasteiger partial charge >= 0.3 is 0 Å². The lowest BCUT2D eigenvalue weighted by molar-refractivity contribution is 0.302. The highest BCUT2D eigenvalue weighted by atomic mass is 16.5. The minimum Gasteiger partial charge on any atom is -0.507 e. The van der Waals surface area contributed by atoms with Gasteiger partial charge in [0.05, 0.1) is 6.61 Å². The molecule has 0 heterocycles. The first-order valence-corrected chi connectivity index (χ1v) is 16.2. The van der Waals surface area contributed by atoms with Crippen molar-refractivity contribution in [2.75, 3.05) is 13.2 Å². The van der Waals surface area contributed by atoms with Crippen molar-refractivity contribution in [3.8, 4) is 11.5 Å². The van der Waals surface area contributed by atoms with Crippen molar-refractivity contribution in [1.82, 2.24) is 0 Å². The molecule has 0 bridgehead atoms. The number of unbranched alkanes of at least 4 members (excludes halogenated alkanes) is 21. The standard InChI is InChI=1S/C34H61NO2/c1-3-5-7-9-11-12-13-14-15-16-17-18-19-20-22-24-28-35-31-32-26-27-33(30-34(32)36)37-29-25-23-21-10-8-6-4-2/h26-27,30-31,36H,3-25,28-29H2,1-2H3. The highest BCUT2D eigenvalue weighted by Crippen LogP contribution is 2.23. The summed E-state index contributed by atoms with van der Waals surface area (Å²) in [5.74, 6) is 1.01. The number of benzene rings is 1. The fourth-order valence-electron chi connectivity index (χ4n) is 4.89. The van der Waals surface area contributed by atoms with Crippen LogP contribution in [0.4, 0.5) is 0 Å². The van der Waals surface area contributed by atoms with Crippen molar-refractivity contribution in [1.29, 1.82) is 0 Å². The predicted octanol–water partition coefficient (Wildman–Crippen LogP) is 11.2. The third-order valence-corrected chi connectivity index (χ3v) is 7.39. The van der Waals surface area contributed by atoms with Crippen molar-refractivity contribution >= 4 is 6.21 Å². The quantitative estimate of drug-likeness (QED) is 0.0934. The Hall–Kier alpha value is -1.51. The molecule has 0 aliphatic carbocycles. The summed E-state index contributed by atoms with van der Waals surface area (Å²) < 4.78 is 5.81. The molecule has 0 aliphatic rings. The number of phenolic OH excluding ortho intramolecular Hbond substituents is 1. The molecule has 3 nitrogen and oxygen atoms in total.